The van der Waals surface area contributed by atoms with Gasteiger partial charge >= 0.3 is 0 Å². The molecule has 1 aromatic heterocycles. The van der Waals surface area contributed by atoms with Crippen molar-refractivity contribution in [2.75, 3.05) is 0 Å². The maximum absolute atomic E-state index is 6.15. The van der Waals surface area contributed by atoms with Crippen molar-refractivity contribution in [3.05, 3.63) is 53.9 Å². The van der Waals surface area contributed by atoms with E-state index < -0.39 is 0 Å². The lowest BCUT2D eigenvalue weighted by Crippen LogP contribution is -2.25. The third-order valence-corrected chi connectivity index (χ3v) is 2.85. The summed E-state index contributed by atoms with van der Waals surface area (Å²) in [6.45, 7) is 2.99. The van der Waals surface area contributed by atoms with Crippen LogP contribution < -0.4 is 5.73 Å². The molecular weight excluding hydrogens is 210 g/mol. The molecule has 0 aliphatic carbocycles. The van der Waals surface area contributed by atoms with E-state index in [9.17, 15) is 0 Å². The van der Waals surface area contributed by atoms with Gasteiger partial charge in [0, 0.05) is 18.8 Å². The summed E-state index contributed by atoms with van der Waals surface area (Å²) in [5, 5.41) is 4.26. The highest BCUT2D eigenvalue weighted by molar-refractivity contribution is 5.17. The largest absolute Gasteiger partial charge is 0.327 e. The Kier molecular flexibility index (Phi) is 3.94. The number of nitrogens with zero attached hydrogens (tertiary/aromatic N) is 2. The Labute approximate surface area is 102 Å². The summed E-state index contributed by atoms with van der Waals surface area (Å²) in [6.07, 6.45) is 5.78. The molecule has 0 saturated heterocycles. The first-order chi connectivity index (χ1) is 8.28. The predicted octanol–water partition coefficient (Wildman–Crippen LogP) is 2.02. The van der Waals surface area contributed by atoms with Gasteiger partial charge in [-0.1, -0.05) is 30.3 Å². The average Bonchev–Trinajstić information content (AvgIpc) is 2.78. The zero-order valence-corrected chi connectivity index (χ0v) is 10.2. The molecule has 1 aromatic carbocycles. The number of aryl methyl sites for hydroxylation is 1. The van der Waals surface area contributed by atoms with Gasteiger partial charge in [0.25, 0.3) is 0 Å². The van der Waals surface area contributed by atoms with Gasteiger partial charge in [0.2, 0.25) is 0 Å². The quantitative estimate of drug-likeness (QED) is 0.852. The minimum absolute atomic E-state index is 0.159. The van der Waals surface area contributed by atoms with Gasteiger partial charge in [-0.05, 0) is 30.9 Å². The molecule has 1 atom stereocenters. The van der Waals surface area contributed by atoms with Crippen LogP contribution >= 0.6 is 0 Å². The molecule has 3 heteroatoms. The molecule has 0 aliphatic rings. The highest BCUT2D eigenvalue weighted by Gasteiger charge is 2.06. The summed E-state index contributed by atoms with van der Waals surface area (Å²) in [7, 11) is 0. The monoisotopic (exact) mass is 229 g/mol. The summed E-state index contributed by atoms with van der Waals surface area (Å²) in [5.74, 6) is 0. The molecule has 90 valence electrons. The van der Waals surface area contributed by atoms with E-state index in [1.165, 1.54) is 11.1 Å². The number of hydrogen-bond donors (Lipinski definition) is 1. The SMILES string of the molecule is CCn1cc(CC(N)Cc2ccccc2)cn1. The molecule has 3 nitrogen and oxygen atoms in total. The van der Waals surface area contributed by atoms with Gasteiger partial charge < -0.3 is 5.73 Å². The highest BCUT2D eigenvalue weighted by Crippen LogP contribution is 2.07. The van der Waals surface area contributed by atoms with Crippen LogP contribution in [0.2, 0.25) is 0 Å². The van der Waals surface area contributed by atoms with Crippen LogP contribution in [-0.4, -0.2) is 15.8 Å². The van der Waals surface area contributed by atoms with Crippen LogP contribution in [0.25, 0.3) is 0 Å². The molecule has 2 aromatic rings. The molecule has 0 saturated carbocycles. The number of hydrogen-bond acceptors (Lipinski definition) is 2. The van der Waals surface area contributed by atoms with Gasteiger partial charge in [0.05, 0.1) is 6.20 Å². The van der Waals surface area contributed by atoms with Gasteiger partial charge in [-0.15, -0.1) is 0 Å². The Morgan fingerprint density at radius 3 is 2.53 bits per heavy atom. The summed E-state index contributed by atoms with van der Waals surface area (Å²) in [4.78, 5) is 0. The minimum atomic E-state index is 0.159. The summed E-state index contributed by atoms with van der Waals surface area (Å²) < 4.78 is 1.94. The van der Waals surface area contributed by atoms with Crippen LogP contribution in [0.4, 0.5) is 0 Å². The minimum Gasteiger partial charge on any atom is -0.327 e. The molecule has 0 aliphatic heterocycles. The van der Waals surface area contributed by atoms with Crippen LogP contribution in [0.1, 0.15) is 18.1 Å². The second-order valence-electron chi connectivity index (χ2n) is 4.36. The van der Waals surface area contributed by atoms with Gasteiger partial charge in [-0.2, -0.15) is 5.10 Å². The molecule has 0 spiro atoms. The van der Waals surface area contributed by atoms with E-state index >= 15 is 0 Å². The molecule has 17 heavy (non-hydrogen) atoms. The molecule has 1 heterocycles. The van der Waals surface area contributed by atoms with Gasteiger partial charge in [-0.25, -0.2) is 0 Å². The zero-order valence-electron chi connectivity index (χ0n) is 10.2. The Hall–Kier alpha value is -1.61. The molecule has 0 fully saturated rings. The number of benzene rings is 1. The van der Waals surface area contributed by atoms with Crippen molar-refractivity contribution < 1.29 is 0 Å². The zero-order chi connectivity index (χ0) is 12.1. The normalized spacial score (nSPS) is 12.6. The van der Waals surface area contributed by atoms with Crippen molar-refractivity contribution >= 4 is 0 Å². The highest BCUT2D eigenvalue weighted by atomic mass is 15.3. The lowest BCUT2D eigenvalue weighted by atomic mass is 10.0. The van der Waals surface area contributed by atoms with Crippen LogP contribution in [0.3, 0.4) is 0 Å². The fourth-order valence-electron chi connectivity index (χ4n) is 1.98. The van der Waals surface area contributed by atoms with Crippen molar-refractivity contribution in [2.45, 2.75) is 32.4 Å². The summed E-state index contributed by atoms with van der Waals surface area (Å²) in [6, 6.07) is 10.5. The van der Waals surface area contributed by atoms with Gasteiger partial charge in [-0.3, -0.25) is 4.68 Å². The molecule has 0 amide bonds. The smallest absolute Gasteiger partial charge is 0.0522 e. The Morgan fingerprint density at radius 1 is 1.18 bits per heavy atom. The fourth-order valence-corrected chi connectivity index (χ4v) is 1.98. The molecule has 0 bridgehead atoms. The van der Waals surface area contributed by atoms with Crippen LogP contribution in [-0.2, 0) is 19.4 Å². The maximum Gasteiger partial charge on any atom is 0.0522 e. The van der Waals surface area contributed by atoms with Gasteiger partial charge in [0.1, 0.15) is 0 Å². The number of aromatic nitrogens is 2. The molecule has 2 rings (SSSR count). The lowest BCUT2D eigenvalue weighted by Gasteiger charge is -2.10. The first-order valence-electron chi connectivity index (χ1n) is 6.08. The van der Waals surface area contributed by atoms with E-state index in [2.05, 4.69) is 42.5 Å². The Morgan fingerprint density at radius 2 is 1.88 bits per heavy atom. The van der Waals surface area contributed by atoms with E-state index in [0.717, 1.165) is 19.4 Å². The van der Waals surface area contributed by atoms with E-state index in [-0.39, 0.29) is 6.04 Å². The van der Waals surface area contributed by atoms with Crippen molar-refractivity contribution in [3.8, 4) is 0 Å². The van der Waals surface area contributed by atoms with Crippen molar-refractivity contribution in [2.24, 2.45) is 5.73 Å². The van der Waals surface area contributed by atoms with Crippen LogP contribution in [0.15, 0.2) is 42.7 Å². The Balaban J connectivity index is 1.91. The molecular formula is C14H19N3. The number of rotatable bonds is 5. The summed E-state index contributed by atoms with van der Waals surface area (Å²) in [5.41, 5.74) is 8.66. The van der Waals surface area contributed by atoms with E-state index in [1.54, 1.807) is 0 Å². The third kappa shape index (κ3) is 3.43. The standard InChI is InChI=1S/C14H19N3/c1-2-17-11-13(10-16-17)9-14(15)8-12-6-4-3-5-7-12/h3-7,10-11,14H,2,8-9,15H2,1H3. The first kappa shape index (κ1) is 11.9. The molecule has 2 N–H and O–H groups in total. The number of nitrogens with two attached hydrogens (primary N) is 1. The predicted molar refractivity (Wildman–Crippen MR) is 69.7 cm³/mol. The third-order valence-electron chi connectivity index (χ3n) is 2.85. The van der Waals surface area contributed by atoms with Crippen LogP contribution in [0.5, 0.6) is 0 Å². The first-order valence-corrected chi connectivity index (χ1v) is 6.08. The molecule has 0 radical (unpaired) electrons. The van der Waals surface area contributed by atoms with E-state index in [1.807, 2.05) is 16.9 Å². The second kappa shape index (κ2) is 5.64. The maximum atomic E-state index is 6.15. The van der Waals surface area contributed by atoms with Crippen molar-refractivity contribution in [1.82, 2.24) is 9.78 Å². The van der Waals surface area contributed by atoms with E-state index in [0.29, 0.717) is 0 Å². The fraction of sp³-hybridized carbons (Fsp3) is 0.357. The second-order valence-corrected chi connectivity index (χ2v) is 4.36. The topological polar surface area (TPSA) is 43.8 Å². The van der Waals surface area contributed by atoms with Crippen molar-refractivity contribution in [1.29, 1.82) is 0 Å². The Bertz CT molecular complexity index is 448. The molecule has 1 unspecified atom stereocenters. The van der Waals surface area contributed by atoms with E-state index in [4.69, 9.17) is 5.73 Å². The van der Waals surface area contributed by atoms with Crippen LogP contribution in [0, 0.1) is 0 Å². The lowest BCUT2D eigenvalue weighted by molar-refractivity contribution is 0.650. The summed E-state index contributed by atoms with van der Waals surface area (Å²) >= 11 is 0. The van der Waals surface area contributed by atoms with Crippen molar-refractivity contribution in [3.63, 3.8) is 0 Å². The average molecular weight is 229 g/mol. The van der Waals surface area contributed by atoms with Gasteiger partial charge in [0.15, 0.2) is 0 Å².